The van der Waals surface area contributed by atoms with E-state index in [0.717, 1.165) is 11.1 Å². The van der Waals surface area contributed by atoms with E-state index in [0.29, 0.717) is 0 Å². The van der Waals surface area contributed by atoms with Crippen molar-refractivity contribution in [2.24, 2.45) is 4.99 Å². The van der Waals surface area contributed by atoms with Crippen LogP contribution in [0.25, 0.3) is 0 Å². The Bertz CT molecular complexity index is 271. The van der Waals surface area contributed by atoms with Crippen molar-refractivity contribution in [1.82, 2.24) is 0 Å². The zero-order valence-corrected chi connectivity index (χ0v) is 8.55. The lowest BCUT2D eigenvalue weighted by Crippen LogP contribution is -2.02. The minimum Gasteiger partial charge on any atom is -0.464 e. The number of esters is 1. The van der Waals surface area contributed by atoms with E-state index in [2.05, 4.69) is 16.4 Å². The average Bonchev–Trinajstić information content (AvgIpc) is 2.12. The van der Waals surface area contributed by atoms with Gasteiger partial charge in [-0.15, -0.1) is 0 Å². The van der Waals surface area contributed by atoms with E-state index in [1.807, 2.05) is 20.8 Å². The predicted molar refractivity (Wildman–Crippen MR) is 53.7 cm³/mol. The molecule has 0 saturated heterocycles. The van der Waals surface area contributed by atoms with Crippen LogP contribution in [-0.2, 0) is 9.53 Å². The van der Waals surface area contributed by atoms with Gasteiger partial charge in [-0.05, 0) is 33.6 Å². The number of hydrogen-bond acceptors (Lipinski definition) is 3. The molecule has 0 heterocycles. The molecule has 0 radical (unpaired) electrons. The smallest absolute Gasteiger partial charge is 0.356 e. The lowest BCUT2D eigenvalue weighted by molar-refractivity contribution is -0.136. The van der Waals surface area contributed by atoms with Crippen molar-refractivity contribution >= 4 is 12.7 Å². The minimum absolute atomic E-state index is 0.237. The molecule has 0 unspecified atom stereocenters. The molecule has 0 aliphatic carbocycles. The Morgan fingerprint density at radius 2 is 1.92 bits per heavy atom. The molecular formula is C10H15NO2. The Morgan fingerprint density at radius 3 is 2.23 bits per heavy atom. The van der Waals surface area contributed by atoms with Gasteiger partial charge in [-0.1, -0.05) is 11.1 Å². The average molecular weight is 181 g/mol. The van der Waals surface area contributed by atoms with Crippen LogP contribution in [0.1, 0.15) is 20.8 Å². The lowest BCUT2D eigenvalue weighted by Gasteiger charge is -2.00. The largest absolute Gasteiger partial charge is 0.464 e. The normalized spacial score (nSPS) is 10.6. The Labute approximate surface area is 78.8 Å². The number of methoxy groups -OCH3 is 1. The van der Waals surface area contributed by atoms with Crippen LogP contribution in [0.15, 0.2) is 27.9 Å². The van der Waals surface area contributed by atoms with Crippen LogP contribution in [0.3, 0.4) is 0 Å². The highest BCUT2D eigenvalue weighted by atomic mass is 16.5. The third kappa shape index (κ3) is 3.69. The molecule has 0 aliphatic rings. The molecule has 0 rings (SSSR count). The van der Waals surface area contributed by atoms with Crippen molar-refractivity contribution in [2.75, 3.05) is 7.11 Å². The molecule has 0 aliphatic heterocycles. The first kappa shape index (κ1) is 11.6. The fourth-order valence-electron chi connectivity index (χ4n) is 0.623. The lowest BCUT2D eigenvalue weighted by atomic mass is 10.1. The Kier molecular flexibility index (Phi) is 4.74. The van der Waals surface area contributed by atoms with Crippen LogP contribution in [0.5, 0.6) is 0 Å². The molecule has 3 heteroatoms. The zero-order chi connectivity index (χ0) is 10.4. The molecule has 3 nitrogen and oxygen atoms in total. The molecular weight excluding hydrogens is 166 g/mol. The minimum atomic E-state index is -0.462. The van der Waals surface area contributed by atoms with Gasteiger partial charge in [0.2, 0.25) is 0 Å². The van der Waals surface area contributed by atoms with Crippen LogP contribution in [0, 0.1) is 0 Å². The first-order valence-electron chi connectivity index (χ1n) is 3.93. The van der Waals surface area contributed by atoms with E-state index in [9.17, 15) is 4.79 Å². The summed E-state index contributed by atoms with van der Waals surface area (Å²) in [4.78, 5) is 14.6. The zero-order valence-electron chi connectivity index (χ0n) is 8.55. The Balaban J connectivity index is 4.88. The fourth-order valence-corrected chi connectivity index (χ4v) is 0.623. The molecule has 13 heavy (non-hydrogen) atoms. The van der Waals surface area contributed by atoms with Gasteiger partial charge in [0.15, 0.2) is 0 Å². The molecule has 0 aromatic carbocycles. The summed E-state index contributed by atoms with van der Waals surface area (Å²) in [5, 5.41) is 0. The number of ether oxygens (including phenoxy) is 1. The Hall–Kier alpha value is -1.38. The van der Waals surface area contributed by atoms with Gasteiger partial charge in [0, 0.05) is 0 Å². The van der Waals surface area contributed by atoms with Crippen molar-refractivity contribution < 1.29 is 9.53 Å². The second-order valence-corrected chi connectivity index (χ2v) is 2.86. The number of carbonyl (C=O) groups is 1. The van der Waals surface area contributed by atoms with Crippen LogP contribution in [0.2, 0.25) is 0 Å². The van der Waals surface area contributed by atoms with Gasteiger partial charge in [-0.3, -0.25) is 4.99 Å². The highest BCUT2D eigenvalue weighted by molar-refractivity contribution is 5.89. The van der Waals surface area contributed by atoms with Crippen molar-refractivity contribution in [3.8, 4) is 0 Å². The van der Waals surface area contributed by atoms with Crippen molar-refractivity contribution in [1.29, 1.82) is 0 Å². The van der Waals surface area contributed by atoms with E-state index in [-0.39, 0.29) is 5.70 Å². The second-order valence-electron chi connectivity index (χ2n) is 2.86. The molecule has 0 atom stereocenters. The highest BCUT2D eigenvalue weighted by Gasteiger charge is 2.06. The van der Waals surface area contributed by atoms with E-state index < -0.39 is 5.97 Å². The third-order valence-corrected chi connectivity index (χ3v) is 1.71. The van der Waals surface area contributed by atoms with E-state index >= 15 is 0 Å². The summed E-state index contributed by atoms with van der Waals surface area (Å²) in [6.07, 6.45) is 1.66. The second kappa shape index (κ2) is 5.30. The summed E-state index contributed by atoms with van der Waals surface area (Å²) in [6, 6.07) is 0. The quantitative estimate of drug-likeness (QED) is 0.289. The summed E-state index contributed by atoms with van der Waals surface area (Å²) in [6.45, 7) is 9.13. The third-order valence-electron chi connectivity index (χ3n) is 1.71. The Morgan fingerprint density at radius 1 is 1.38 bits per heavy atom. The van der Waals surface area contributed by atoms with Crippen LogP contribution >= 0.6 is 0 Å². The van der Waals surface area contributed by atoms with Gasteiger partial charge in [-0.2, -0.15) is 0 Å². The van der Waals surface area contributed by atoms with Gasteiger partial charge >= 0.3 is 5.97 Å². The summed E-state index contributed by atoms with van der Waals surface area (Å²) in [5.74, 6) is -0.462. The number of carbonyl (C=O) groups excluding carboxylic acids is 1. The van der Waals surface area contributed by atoms with Crippen LogP contribution in [-0.4, -0.2) is 19.8 Å². The molecule has 0 fully saturated rings. The molecule has 0 N–H and O–H groups in total. The standard InChI is InChI=1S/C10H15NO2/c1-7(2)8(3)6-9(11-4)10(12)13-5/h6H,4H2,1-3,5H3/b9-6-. The molecule has 0 bridgehead atoms. The first-order chi connectivity index (χ1) is 6.02. The van der Waals surface area contributed by atoms with Crippen molar-refractivity contribution in [2.45, 2.75) is 20.8 Å². The van der Waals surface area contributed by atoms with Gasteiger partial charge in [0.05, 0.1) is 7.11 Å². The van der Waals surface area contributed by atoms with Crippen LogP contribution in [0.4, 0.5) is 0 Å². The molecule has 0 aromatic rings. The van der Waals surface area contributed by atoms with Gasteiger partial charge < -0.3 is 4.74 Å². The topological polar surface area (TPSA) is 38.7 Å². The van der Waals surface area contributed by atoms with E-state index in [1.165, 1.54) is 7.11 Å². The summed E-state index contributed by atoms with van der Waals surface area (Å²) in [7, 11) is 1.32. The fraction of sp³-hybridized carbons (Fsp3) is 0.400. The first-order valence-corrected chi connectivity index (χ1v) is 3.93. The van der Waals surface area contributed by atoms with Gasteiger partial charge in [0.1, 0.15) is 5.70 Å². The van der Waals surface area contributed by atoms with Gasteiger partial charge in [-0.25, -0.2) is 4.79 Å². The maximum atomic E-state index is 11.1. The highest BCUT2D eigenvalue weighted by Crippen LogP contribution is 2.08. The molecule has 72 valence electrons. The number of hydrogen-bond donors (Lipinski definition) is 0. The van der Waals surface area contributed by atoms with Crippen molar-refractivity contribution in [3.05, 3.63) is 22.9 Å². The number of rotatable bonds is 3. The predicted octanol–water partition coefficient (Wildman–Crippen LogP) is 2.10. The SMILES string of the molecule is C=N/C(=C\C(C)=C(C)C)C(=O)OC. The molecule has 0 amide bonds. The number of nitrogens with zero attached hydrogens (tertiary/aromatic N) is 1. The molecule has 0 aromatic heterocycles. The molecule has 0 saturated carbocycles. The van der Waals surface area contributed by atoms with E-state index in [4.69, 9.17) is 0 Å². The number of aliphatic imine (C=N–C) groups is 1. The maximum Gasteiger partial charge on any atom is 0.356 e. The van der Waals surface area contributed by atoms with Gasteiger partial charge in [0.25, 0.3) is 0 Å². The summed E-state index contributed by atoms with van der Waals surface area (Å²) < 4.78 is 4.52. The summed E-state index contributed by atoms with van der Waals surface area (Å²) >= 11 is 0. The monoisotopic (exact) mass is 181 g/mol. The molecule has 0 spiro atoms. The number of allylic oxidation sites excluding steroid dienone is 3. The van der Waals surface area contributed by atoms with Crippen molar-refractivity contribution in [3.63, 3.8) is 0 Å². The van der Waals surface area contributed by atoms with Crippen LogP contribution < -0.4 is 0 Å². The summed E-state index contributed by atoms with van der Waals surface area (Å²) in [5.41, 5.74) is 2.36. The maximum absolute atomic E-state index is 11.1. The van der Waals surface area contributed by atoms with E-state index in [1.54, 1.807) is 6.08 Å².